The van der Waals surface area contributed by atoms with E-state index in [0.29, 0.717) is 0 Å². The van der Waals surface area contributed by atoms with Crippen LogP contribution in [0.5, 0.6) is 0 Å². The second-order valence-electron chi connectivity index (χ2n) is 4.14. The molecule has 0 aliphatic heterocycles. The molecule has 0 saturated carbocycles. The van der Waals surface area contributed by atoms with Crippen LogP contribution < -0.4 is 0 Å². The number of nitro groups is 1. The Morgan fingerprint density at radius 1 is 1.28 bits per heavy atom. The Hall–Kier alpha value is -1.97. The zero-order valence-electron chi connectivity index (χ0n) is 10.5. The molecule has 96 valence electrons. The molecule has 4 nitrogen and oxygen atoms in total. The maximum atomic E-state index is 10.9. The van der Waals surface area contributed by atoms with Gasteiger partial charge < -0.3 is 0 Å². The summed E-state index contributed by atoms with van der Waals surface area (Å²) in [6, 6.07) is 6.20. The molecule has 0 heterocycles. The molecule has 1 aromatic carbocycles. The predicted octanol–water partition coefficient (Wildman–Crippen LogP) is 3.76. The van der Waals surface area contributed by atoms with E-state index in [1.165, 1.54) is 12.1 Å². The fraction of sp³-hybridized carbons (Fsp3) is 0.357. The van der Waals surface area contributed by atoms with Crippen molar-refractivity contribution in [3.05, 3.63) is 45.5 Å². The molecule has 0 aliphatic carbocycles. The molecule has 0 unspecified atom stereocenters. The third kappa shape index (κ3) is 4.49. The molecule has 0 N–H and O–H groups in total. The molecule has 0 bridgehead atoms. The van der Waals surface area contributed by atoms with Gasteiger partial charge in [-0.3, -0.25) is 14.9 Å². The molecule has 1 aromatic rings. The molecule has 4 heteroatoms. The van der Waals surface area contributed by atoms with Crippen molar-refractivity contribution in [2.45, 2.75) is 32.6 Å². The number of unbranched alkanes of at least 4 members (excludes halogenated alkanes) is 2. The van der Waals surface area contributed by atoms with Crippen molar-refractivity contribution in [3.8, 4) is 0 Å². The summed E-state index contributed by atoms with van der Waals surface area (Å²) >= 11 is 0. The van der Waals surface area contributed by atoms with Gasteiger partial charge in [0.25, 0.3) is 5.69 Å². The minimum absolute atomic E-state index is 0.0609. The Morgan fingerprint density at radius 3 is 2.44 bits per heavy atom. The molecule has 0 aliphatic rings. The van der Waals surface area contributed by atoms with E-state index in [4.69, 9.17) is 0 Å². The van der Waals surface area contributed by atoms with Gasteiger partial charge in [-0.05, 0) is 42.2 Å². The van der Waals surface area contributed by atoms with Gasteiger partial charge in [0.1, 0.15) is 6.29 Å². The molecule has 18 heavy (non-hydrogen) atoms. The highest BCUT2D eigenvalue weighted by Gasteiger charge is 2.03. The Bertz CT molecular complexity index is 435. The van der Waals surface area contributed by atoms with E-state index in [2.05, 4.69) is 6.92 Å². The van der Waals surface area contributed by atoms with Crippen LogP contribution in [0.1, 0.15) is 38.2 Å². The van der Waals surface area contributed by atoms with Crippen LogP contribution >= 0.6 is 0 Å². The lowest BCUT2D eigenvalue weighted by Gasteiger charge is -2.00. The van der Waals surface area contributed by atoms with E-state index in [1.54, 1.807) is 18.2 Å². The summed E-state index contributed by atoms with van der Waals surface area (Å²) < 4.78 is 0. The summed E-state index contributed by atoms with van der Waals surface area (Å²) in [5.41, 5.74) is 1.61. The van der Waals surface area contributed by atoms with Gasteiger partial charge in [-0.25, -0.2) is 0 Å². The molecule has 0 saturated heterocycles. The molecule has 0 amide bonds. The van der Waals surface area contributed by atoms with Crippen LogP contribution in [0.3, 0.4) is 0 Å². The number of aldehydes is 1. The monoisotopic (exact) mass is 247 g/mol. The van der Waals surface area contributed by atoms with E-state index < -0.39 is 4.92 Å². The van der Waals surface area contributed by atoms with Gasteiger partial charge in [0, 0.05) is 12.1 Å². The summed E-state index contributed by atoms with van der Waals surface area (Å²) in [6.45, 7) is 2.11. The summed E-state index contributed by atoms with van der Waals surface area (Å²) in [5, 5.41) is 10.5. The minimum Gasteiger partial charge on any atom is -0.298 e. The number of carbonyl (C=O) groups is 1. The molecular formula is C14H17NO3. The van der Waals surface area contributed by atoms with Gasteiger partial charge in [-0.2, -0.15) is 0 Å². The van der Waals surface area contributed by atoms with Crippen LogP contribution in [0.4, 0.5) is 5.69 Å². The average Bonchev–Trinajstić information content (AvgIpc) is 2.38. The van der Waals surface area contributed by atoms with E-state index in [-0.39, 0.29) is 5.69 Å². The molecule has 0 radical (unpaired) electrons. The second-order valence-corrected chi connectivity index (χ2v) is 4.14. The van der Waals surface area contributed by atoms with Gasteiger partial charge in [-0.15, -0.1) is 0 Å². The van der Waals surface area contributed by atoms with E-state index in [0.717, 1.165) is 43.1 Å². The summed E-state index contributed by atoms with van der Waals surface area (Å²) in [4.78, 5) is 21.0. The predicted molar refractivity (Wildman–Crippen MR) is 71.3 cm³/mol. The molecular weight excluding hydrogens is 230 g/mol. The molecule has 0 atom stereocenters. The minimum atomic E-state index is -0.435. The quantitative estimate of drug-likeness (QED) is 0.242. The molecule has 0 fully saturated rings. The van der Waals surface area contributed by atoms with Crippen LogP contribution in [0, 0.1) is 10.1 Å². The maximum absolute atomic E-state index is 10.9. The van der Waals surface area contributed by atoms with Gasteiger partial charge in [0.15, 0.2) is 0 Å². The number of allylic oxidation sites excluding steroid dienone is 1. The first-order valence-electron chi connectivity index (χ1n) is 6.07. The zero-order valence-corrected chi connectivity index (χ0v) is 10.5. The summed E-state index contributed by atoms with van der Waals surface area (Å²) in [6.07, 6.45) is 6.61. The van der Waals surface area contributed by atoms with Gasteiger partial charge >= 0.3 is 0 Å². The topological polar surface area (TPSA) is 60.2 Å². The lowest BCUT2D eigenvalue weighted by atomic mass is 10.1. The van der Waals surface area contributed by atoms with Crippen molar-refractivity contribution in [1.29, 1.82) is 0 Å². The van der Waals surface area contributed by atoms with Gasteiger partial charge in [0.05, 0.1) is 4.92 Å². The smallest absolute Gasteiger partial charge is 0.269 e. The average molecular weight is 247 g/mol. The number of hydrogen-bond donors (Lipinski definition) is 0. The zero-order chi connectivity index (χ0) is 13.4. The van der Waals surface area contributed by atoms with Crippen molar-refractivity contribution in [2.24, 2.45) is 0 Å². The highest BCUT2D eigenvalue weighted by atomic mass is 16.6. The SMILES string of the molecule is CCCCC/C(C=O)=C\c1ccc([N+](=O)[O-])cc1. The fourth-order valence-corrected chi connectivity index (χ4v) is 1.65. The lowest BCUT2D eigenvalue weighted by Crippen LogP contribution is -1.88. The van der Waals surface area contributed by atoms with Crippen LogP contribution in [0.2, 0.25) is 0 Å². The highest BCUT2D eigenvalue weighted by Crippen LogP contribution is 2.16. The Morgan fingerprint density at radius 2 is 1.94 bits per heavy atom. The van der Waals surface area contributed by atoms with Crippen molar-refractivity contribution in [1.82, 2.24) is 0 Å². The second kappa shape index (κ2) is 7.37. The van der Waals surface area contributed by atoms with Crippen molar-refractivity contribution in [3.63, 3.8) is 0 Å². The van der Waals surface area contributed by atoms with Crippen molar-refractivity contribution < 1.29 is 9.72 Å². The fourth-order valence-electron chi connectivity index (χ4n) is 1.65. The van der Waals surface area contributed by atoms with Gasteiger partial charge in [-0.1, -0.05) is 19.8 Å². The van der Waals surface area contributed by atoms with Crippen LogP contribution in [-0.2, 0) is 4.79 Å². The lowest BCUT2D eigenvalue weighted by molar-refractivity contribution is -0.384. The third-order valence-corrected chi connectivity index (χ3v) is 2.68. The number of nitro benzene ring substituents is 1. The summed E-state index contributed by atoms with van der Waals surface area (Å²) in [5.74, 6) is 0. The highest BCUT2D eigenvalue weighted by molar-refractivity contribution is 5.81. The first-order valence-corrected chi connectivity index (χ1v) is 6.07. The van der Waals surface area contributed by atoms with Gasteiger partial charge in [0.2, 0.25) is 0 Å². The van der Waals surface area contributed by atoms with Crippen molar-refractivity contribution >= 4 is 18.0 Å². The molecule has 1 rings (SSSR count). The number of carbonyl (C=O) groups excluding carboxylic acids is 1. The number of nitrogens with zero attached hydrogens (tertiary/aromatic N) is 1. The first kappa shape index (κ1) is 14.1. The maximum Gasteiger partial charge on any atom is 0.269 e. The number of rotatable bonds is 7. The standard InChI is InChI=1S/C14H17NO3/c1-2-3-4-5-13(11-16)10-12-6-8-14(9-7-12)15(17)18/h6-11H,2-5H2,1H3/b13-10+. The summed E-state index contributed by atoms with van der Waals surface area (Å²) in [7, 11) is 0. The van der Waals surface area contributed by atoms with Crippen molar-refractivity contribution in [2.75, 3.05) is 0 Å². The number of hydrogen-bond acceptors (Lipinski definition) is 3. The van der Waals surface area contributed by atoms with E-state index >= 15 is 0 Å². The van der Waals surface area contributed by atoms with E-state index in [1.807, 2.05) is 0 Å². The van der Waals surface area contributed by atoms with Crippen LogP contribution in [-0.4, -0.2) is 11.2 Å². The third-order valence-electron chi connectivity index (χ3n) is 2.68. The Labute approximate surface area is 106 Å². The Balaban J connectivity index is 2.72. The Kier molecular flexibility index (Phi) is 5.77. The number of non-ortho nitro benzene ring substituents is 1. The van der Waals surface area contributed by atoms with Crippen LogP contribution in [0.15, 0.2) is 29.8 Å². The first-order chi connectivity index (χ1) is 8.67. The normalized spacial score (nSPS) is 11.3. The molecule has 0 spiro atoms. The largest absolute Gasteiger partial charge is 0.298 e. The molecule has 0 aromatic heterocycles. The number of benzene rings is 1. The van der Waals surface area contributed by atoms with E-state index in [9.17, 15) is 14.9 Å². The van der Waals surface area contributed by atoms with Crippen LogP contribution in [0.25, 0.3) is 6.08 Å².